The molecule has 0 aliphatic rings. The van der Waals surface area contributed by atoms with Crippen molar-refractivity contribution in [3.05, 3.63) is 75.5 Å². The van der Waals surface area contributed by atoms with Crippen LogP contribution in [0.25, 0.3) is 0 Å². The lowest BCUT2D eigenvalue weighted by atomic mass is 10.1. The largest absolute Gasteiger partial charge is 0.485 e. The number of para-hydroxylation sites is 1. The van der Waals surface area contributed by atoms with Gasteiger partial charge in [-0.15, -0.1) is 16.8 Å². The Kier molecular flexibility index (Phi) is 8.15. The first-order valence-corrected chi connectivity index (χ1v) is 12.0. The fraction of sp³-hybridized carbons (Fsp3) is 0.292. The number of nitrogens with zero attached hydrogens (tertiary/aromatic N) is 3. The lowest BCUT2D eigenvalue weighted by molar-refractivity contribution is -0.113. The number of rotatable bonds is 9. The van der Waals surface area contributed by atoms with Gasteiger partial charge < -0.3 is 10.1 Å². The number of thioether (sulfide) groups is 1. The van der Waals surface area contributed by atoms with E-state index in [0.29, 0.717) is 17.5 Å². The van der Waals surface area contributed by atoms with Crippen LogP contribution < -0.4 is 10.1 Å². The Morgan fingerprint density at radius 1 is 1.16 bits per heavy atom. The number of carbonyl (C=O) groups excluding carboxylic acids is 1. The topological polar surface area (TPSA) is 69.0 Å². The quantitative estimate of drug-likeness (QED) is 0.290. The number of aryl methyl sites for hydroxylation is 2. The van der Waals surface area contributed by atoms with Gasteiger partial charge in [0, 0.05) is 16.7 Å². The van der Waals surface area contributed by atoms with Gasteiger partial charge in [0.25, 0.3) is 0 Å². The lowest BCUT2D eigenvalue weighted by Crippen LogP contribution is -2.16. The van der Waals surface area contributed by atoms with Gasteiger partial charge >= 0.3 is 0 Å². The van der Waals surface area contributed by atoms with Gasteiger partial charge in [-0.3, -0.25) is 9.36 Å². The molecule has 0 spiro atoms. The molecule has 0 saturated heterocycles. The van der Waals surface area contributed by atoms with E-state index < -0.39 is 0 Å². The molecule has 0 aliphatic carbocycles. The summed E-state index contributed by atoms with van der Waals surface area (Å²) in [6.07, 6.45) is 1.78. The summed E-state index contributed by atoms with van der Waals surface area (Å²) in [5.41, 5.74) is 5.11. The predicted molar refractivity (Wildman–Crippen MR) is 133 cm³/mol. The smallest absolute Gasteiger partial charge is 0.234 e. The summed E-state index contributed by atoms with van der Waals surface area (Å²) in [4.78, 5) is 12.5. The van der Waals surface area contributed by atoms with Crippen molar-refractivity contribution in [3.63, 3.8) is 0 Å². The first-order valence-electron chi connectivity index (χ1n) is 10.2. The Labute approximate surface area is 201 Å². The zero-order valence-corrected chi connectivity index (χ0v) is 21.1. The molecule has 0 saturated carbocycles. The van der Waals surface area contributed by atoms with Crippen molar-refractivity contribution in [2.45, 2.75) is 46.0 Å². The molecule has 0 atom stereocenters. The number of hydrogen-bond donors (Lipinski definition) is 1. The molecule has 8 heteroatoms. The van der Waals surface area contributed by atoms with Crippen LogP contribution in [0.3, 0.4) is 0 Å². The second kappa shape index (κ2) is 10.8. The lowest BCUT2D eigenvalue weighted by Gasteiger charge is -2.13. The fourth-order valence-corrected chi connectivity index (χ4v) is 4.44. The molecule has 3 rings (SSSR count). The maximum atomic E-state index is 12.5. The molecule has 0 aliphatic heterocycles. The van der Waals surface area contributed by atoms with Crippen molar-refractivity contribution in [2.75, 3.05) is 11.1 Å². The van der Waals surface area contributed by atoms with Crippen molar-refractivity contribution < 1.29 is 9.53 Å². The van der Waals surface area contributed by atoms with E-state index in [2.05, 4.69) is 38.0 Å². The van der Waals surface area contributed by atoms with Gasteiger partial charge in [-0.05, 0) is 62.1 Å². The number of amides is 1. The second-order valence-corrected chi connectivity index (χ2v) is 9.29. The van der Waals surface area contributed by atoms with E-state index in [9.17, 15) is 4.79 Å². The predicted octanol–water partition coefficient (Wildman–Crippen LogP) is 5.77. The molecule has 0 radical (unpaired) electrons. The summed E-state index contributed by atoms with van der Waals surface area (Å²) >= 11 is 4.86. The highest BCUT2D eigenvalue weighted by Crippen LogP contribution is 2.27. The number of nitrogens with one attached hydrogen (secondary N) is 1. The van der Waals surface area contributed by atoms with Crippen LogP contribution in [0, 0.1) is 27.7 Å². The van der Waals surface area contributed by atoms with Crippen LogP contribution in [-0.2, 0) is 17.9 Å². The molecule has 1 heterocycles. The van der Waals surface area contributed by atoms with Crippen LogP contribution in [0.2, 0.25) is 0 Å². The monoisotopic (exact) mass is 514 g/mol. The van der Waals surface area contributed by atoms with Crippen molar-refractivity contribution in [3.8, 4) is 5.75 Å². The second-order valence-electron chi connectivity index (χ2n) is 7.49. The van der Waals surface area contributed by atoms with Crippen molar-refractivity contribution >= 4 is 39.3 Å². The Balaban J connectivity index is 1.67. The Bertz CT molecular complexity index is 1120. The van der Waals surface area contributed by atoms with Crippen LogP contribution in [-0.4, -0.2) is 26.4 Å². The van der Waals surface area contributed by atoms with E-state index in [1.54, 1.807) is 6.08 Å². The van der Waals surface area contributed by atoms with Crippen LogP contribution in [0.4, 0.5) is 5.69 Å². The van der Waals surface area contributed by atoms with Crippen molar-refractivity contribution in [1.29, 1.82) is 0 Å². The van der Waals surface area contributed by atoms with E-state index in [1.165, 1.54) is 11.8 Å². The van der Waals surface area contributed by atoms with Crippen LogP contribution >= 0.6 is 27.7 Å². The molecule has 32 heavy (non-hydrogen) atoms. The maximum Gasteiger partial charge on any atom is 0.234 e. The summed E-state index contributed by atoms with van der Waals surface area (Å²) in [5.74, 6) is 1.67. The Hall–Kier alpha value is -2.58. The van der Waals surface area contributed by atoms with Crippen LogP contribution in [0.15, 0.2) is 52.6 Å². The van der Waals surface area contributed by atoms with Gasteiger partial charge in [0.05, 0.1) is 5.75 Å². The van der Waals surface area contributed by atoms with Gasteiger partial charge in [-0.1, -0.05) is 52.0 Å². The molecule has 0 fully saturated rings. The van der Waals surface area contributed by atoms with Gasteiger partial charge in [-0.25, -0.2) is 0 Å². The number of hydrogen-bond acceptors (Lipinski definition) is 5. The third kappa shape index (κ3) is 5.61. The maximum absolute atomic E-state index is 12.5. The molecule has 0 unspecified atom stereocenters. The van der Waals surface area contributed by atoms with Gasteiger partial charge in [-0.2, -0.15) is 0 Å². The molecule has 1 N–H and O–H groups in total. The number of benzene rings is 2. The molecular formula is C24H27BrN4O2S. The van der Waals surface area contributed by atoms with Gasteiger partial charge in [0.1, 0.15) is 12.4 Å². The highest BCUT2D eigenvalue weighted by molar-refractivity contribution is 9.10. The molecule has 0 bridgehead atoms. The average Bonchev–Trinajstić information content (AvgIpc) is 3.14. The zero-order chi connectivity index (χ0) is 23.3. The molecule has 168 valence electrons. The average molecular weight is 515 g/mol. The normalized spacial score (nSPS) is 10.8. The van der Waals surface area contributed by atoms with E-state index in [-0.39, 0.29) is 18.3 Å². The summed E-state index contributed by atoms with van der Waals surface area (Å²) in [6, 6.07) is 9.89. The van der Waals surface area contributed by atoms with E-state index in [0.717, 1.165) is 38.2 Å². The molecular weight excluding hydrogens is 488 g/mol. The summed E-state index contributed by atoms with van der Waals surface area (Å²) in [5, 5.41) is 12.2. The minimum absolute atomic E-state index is 0.0960. The minimum atomic E-state index is -0.0960. The van der Waals surface area contributed by atoms with Gasteiger partial charge in [0.2, 0.25) is 5.91 Å². The molecule has 3 aromatic rings. The number of carbonyl (C=O) groups is 1. The number of allylic oxidation sites excluding steroid dienone is 1. The Morgan fingerprint density at radius 3 is 2.56 bits per heavy atom. The highest BCUT2D eigenvalue weighted by atomic mass is 79.9. The van der Waals surface area contributed by atoms with Crippen LogP contribution in [0.5, 0.6) is 5.75 Å². The Morgan fingerprint density at radius 2 is 1.88 bits per heavy atom. The van der Waals surface area contributed by atoms with Crippen molar-refractivity contribution in [2.24, 2.45) is 0 Å². The molecule has 2 aromatic carbocycles. The molecule has 1 amide bonds. The zero-order valence-electron chi connectivity index (χ0n) is 18.7. The highest BCUT2D eigenvalue weighted by Gasteiger charge is 2.16. The van der Waals surface area contributed by atoms with Gasteiger partial charge in [0.15, 0.2) is 11.0 Å². The number of anilines is 1. The number of halogens is 1. The summed E-state index contributed by atoms with van der Waals surface area (Å²) < 4.78 is 8.99. The van der Waals surface area contributed by atoms with E-state index >= 15 is 0 Å². The third-order valence-corrected chi connectivity index (χ3v) is 7.01. The first-order chi connectivity index (χ1) is 15.3. The first kappa shape index (κ1) is 24.1. The number of ether oxygens (including phenoxy) is 1. The fourth-order valence-electron chi connectivity index (χ4n) is 3.25. The molecule has 6 nitrogen and oxygen atoms in total. The summed E-state index contributed by atoms with van der Waals surface area (Å²) in [6.45, 7) is 12.7. The number of aromatic nitrogens is 3. The standard InChI is InChI=1S/C24H27BrN4O2S/c1-6-12-29-21(13-31-23-15(2)8-7-9-16(23)3)27-28-24(29)32-14-22(30)26-20-11-10-19(25)17(4)18(20)5/h6-11H,1,12-14H2,2-5H3,(H,26,30). The van der Waals surface area contributed by atoms with Crippen LogP contribution in [0.1, 0.15) is 28.1 Å². The third-order valence-electron chi connectivity index (χ3n) is 5.19. The molecule has 1 aromatic heterocycles. The van der Waals surface area contributed by atoms with E-state index in [1.807, 2.05) is 62.6 Å². The van der Waals surface area contributed by atoms with E-state index in [4.69, 9.17) is 4.74 Å². The SMILES string of the molecule is C=CCn1c(COc2c(C)cccc2C)nnc1SCC(=O)Nc1ccc(Br)c(C)c1C. The van der Waals surface area contributed by atoms with Crippen molar-refractivity contribution in [1.82, 2.24) is 14.8 Å². The summed E-state index contributed by atoms with van der Waals surface area (Å²) in [7, 11) is 0. The minimum Gasteiger partial charge on any atom is -0.485 e.